The van der Waals surface area contributed by atoms with Crippen molar-refractivity contribution in [2.45, 2.75) is 46.6 Å². The van der Waals surface area contributed by atoms with Gasteiger partial charge in [0.25, 0.3) is 0 Å². The van der Waals surface area contributed by atoms with Crippen molar-refractivity contribution in [3.8, 4) is 0 Å². The molecule has 2 amide bonds. The summed E-state index contributed by atoms with van der Waals surface area (Å²) in [6, 6.07) is 3.80. The topological polar surface area (TPSA) is 62.3 Å². The van der Waals surface area contributed by atoms with E-state index in [0.29, 0.717) is 13.1 Å². The Morgan fingerprint density at radius 2 is 1.78 bits per heavy atom. The highest BCUT2D eigenvalue weighted by atomic mass is 16.2. The van der Waals surface area contributed by atoms with Crippen molar-refractivity contribution in [3.05, 3.63) is 30.1 Å². The molecule has 0 spiro atoms. The van der Waals surface area contributed by atoms with Crippen molar-refractivity contribution >= 4 is 11.8 Å². The second-order valence-electron chi connectivity index (χ2n) is 7.33. The molecule has 5 nitrogen and oxygen atoms in total. The summed E-state index contributed by atoms with van der Waals surface area (Å²) < 4.78 is 0. The van der Waals surface area contributed by atoms with Gasteiger partial charge < -0.3 is 10.2 Å². The lowest BCUT2D eigenvalue weighted by atomic mass is 9.90. The molecule has 5 heteroatoms. The van der Waals surface area contributed by atoms with E-state index < -0.39 is 0 Å². The zero-order chi connectivity index (χ0) is 17.0. The second kappa shape index (κ2) is 7.11. The average molecular weight is 317 g/mol. The van der Waals surface area contributed by atoms with E-state index in [4.69, 9.17) is 0 Å². The summed E-state index contributed by atoms with van der Waals surface area (Å²) >= 11 is 0. The van der Waals surface area contributed by atoms with Crippen LogP contribution >= 0.6 is 0 Å². The van der Waals surface area contributed by atoms with E-state index in [1.807, 2.05) is 44.7 Å². The molecule has 1 aliphatic heterocycles. The van der Waals surface area contributed by atoms with Gasteiger partial charge in [0.2, 0.25) is 11.8 Å². The summed E-state index contributed by atoms with van der Waals surface area (Å²) in [5.41, 5.74) is 0.694. The fraction of sp³-hybridized carbons (Fsp3) is 0.611. The number of amides is 2. The zero-order valence-electron chi connectivity index (χ0n) is 14.5. The van der Waals surface area contributed by atoms with E-state index in [0.717, 1.165) is 18.4 Å². The van der Waals surface area contributed by atoms with E-state index in [2.05, 4.69) is 10.3 Å². The lowest BCUT2D eigenvalue weighted by molar-refractivity contribution is -0.142. The van der Waals surface area contributed by atoms with Crippen LogP contribution in [0.25, 0.3) is 0 Å². The third kappa shape index (κ3) is 4.53. The van der Waals surface area contributed by atoms with Gasteiger partial charge in [0.05, 0.1) is 6.04 Å². The van der Waals surface area contributed by atoms with E-state index in [-0.39, 0.29) is 29.2 Å². The smallest absolute Gasteiger partial charge is 0.227 e. The third-order valence-electron chi connectivity index (χ3n) is 4.36. The van der Waals surface area contributed by atoms with Gasteiger partial charge in [-0.2, -0.15) is 0 Å². The van der Waals surface area contributed by atoms with Gasteiger partial charge in [0.1, 0.15) is 0 Å². The van der Waals surface area contributed by atoms with Gasteiger partial charge in [-0.25, -0.2) is 0 Å². The van der Waals surface area contributed by atoms with Gasteiger partial charge in [0, 0.05) is 36.8 Å². The van der Waals surface area contributed by atoms with Crippen LogP contribution in [-0.4, -0.2) is 34.8 Å². The maximum atomic E-state index is 12.4. The molecule has 2 rings (SSSR count). The Morgan fingerprint density at radius 1 is 1.22 bits per heavy atom. The van der Waals surface area contributed by atoms with Crippen molar-refractivity contribution in [1.29, 1.82) is 0 Å². The fourth-order valence-corrected chi connectivity index (χ4v) is 2.89. The van der Waals surface area contributed by atoms with Gasteiger partial charge >= 0.3 is 0 Å². The molecule has 126 valence electrons. The number of piperidine rings is 1. The number of nitrogens with zero attached hydrogens (tertiary/aromatic N) is 2. The molecular weight excluding hydrogens is 290 g/mol. The summed E-state index contributed by atoms with van der Waals surface area (Å²) in [7, 11) is 0. The summed E-state index contributed by atoms with van der Waals surface area (Å²) in [5, 5.41) is 3.07. The maximum absolute atomic E-state index is 12.4. The van der Waals surface area contributed by atoms with E-state index in [1.54, 1.807) is 12.4 Å². The summed E-state index contributed by atoms with van der Waals surface area (Å²) in [5.74, 6) is 0.238. The van der Waals surface area contributed by atoms with Gasteiger partial charge in [-0.3, -0.25) is 14.6 Å². The molecule has 1 aromatic heterocycles. The molecule has 1 unspecified atom stereocenters. The molecular formula is C18H27N3O2. The highest BCUT2D eigenvalue weighted by Gasteiger charge is 2.32. The number of carbonyl (C=O) groups excluding carboxylic acids is 2. The van der Waals surface area contributed by atoms with Crippen LogP contribution in [0.15, 0.2) is 24.5 Å². The number of aromatic nitrogens is 1. The van der Waals surface area contributed by atoms with Crippen LogP contribution in [-0.2, 0) is 9.59 Å². The normalized spacial score (nSPS) is 17.7. The monoisotopic (exact) mass is 317 g/mol. The molecule has 2 heterocycles. The van der Waals surface area contributed by atoms with Crippen LogP contribution < -0.4 is 5.32 Å². The van der Waals surface area contributed by atoms with Gasteiger partial charge in [-0.1, -0.05) is 20.8 Å². The number of pyridine rings is 1. The predicted octanol–water partition coefficient (Wildman–Crippen LogP) is 2.54. The lowest BCUT2D eigenvalue weighted by Gasteiger charge is -2.35. The Bertz CT molecular complexity index is 543. The molecule has 1 saturated heterocycles. The molecule has 0 radical (unpaired) electrons. The molecule has 1 fully saturated rings. The van der Waals surface area contributed by atoms with Crippen LogP contribution in [0.1, 0.15) is 52.1 Å². The first-order chi connectivity index (χ1) is 10.8. The van der Waals surface area contributed by atoms with Crippen molar-refractivity contribution in [1.82, 2.24) is 15.2 Å². The Balaban J connectivity index is 1.85. The van der Waals surface area contributed by atoms with Crippen molar-refractivity contribution in [2.75, 3.05) is 13.1 Å². The van der Waals surface area contributed by atoms with E-state index in [1.165, 1.54) is 0 Å². The Hall–Kier alpha value is -1.91. The number of hydrogen-bond donors (Lipinski definition) is 1. The lowest BCUT2D eigenvalue weighted by Crippen LogP contribution is -2.46. The standard InChI is InChI=1S/C18H27N3O2/c1-13(14-5-9-19-10-6-14)20-16(22)15-7-11-21(12-8-15)17(23)18(2,3)4/h5-6,9-10,13,15H,7-8,11-12H2,1-4H3,(H,20,22). The van der Waals surface area contributed by atoms with Crippen LogP contribution in [0.5, 0.6) is 0 Å². The van der Waals surface area contributed by atoms with Crippen molar-refractivity contribution in [3.63, 3.8) is 0 Å². The summed E-state index contributed by atoms with van der Waals surface area (Å²) in [6.45, 7) is 9.11. The average Bonchev–Trinajstić information content (AvgIpc) is 2.54. The molecule has 0 aliphatic carbocycles. The van der Waals surface area contributed by atoms with E-state index in [9.17, 15) is 9.59 Å². The van der Waals surface area contributed by atoms with E-state index >= 15 is 0 Å². The highest BCUT2D eigenvalue weighted by molar-refractivity contribution is 5.82. The first-order valence-corrected chi connectivity index (χ1v) is 8.28. The summed E-state index contributed by atoms with van der Waals surface area (Å²) in [6.07, 6.45) is 4.93. The van der Waals surface area contributed by atoms with Crippen LogP contribution in [0.2, 0.25) is 0 Å². The second-order valence-corrected chi connectivity index (χ2v) is 7.33. The van der Waals surface area contributed by atoms with Crippen molar-refractivity contribution < 1.29 is 9.59 Å². The molecule has 1 aromatic rings. The molecule has 0 aromatic carbocycles. The molecule has 1 N–H and O–H groups in total. The summed E-state index contributed by atoms with van der Waals surface area (Å²) in [4.78, 5) is 30.6. The largest absolute Gasteiger partial charge is 0.349 e. The number of carbonyl (C=O) groups is 2. The molecule has 0 saturated carbocycles. The first kappa shape index (κ1) is 17.4. The molecule has 23 heavy (non-hydrogen) atoms. The van der Waals surface area contributed by atoms with Gasteiger partial charge in [-0.15, -0.1) is 0 Å². The minimum absolute atomic E-state index is 0.0108. The number of hydrogen-bond acceptors (Lipinski definition) is 3. The Labute approximate surface area is 138 Å². The van der Waals surface area contributed by atoms with Crippen LogP contribution in [0, 0.1) is 11.3 Å². The minimum atomic E-state index is -0.356. The fourth-order valence-electron chi connectivity index (χ4n) is 2.89. The van der Waals surface area contributed by atoms with Gasteiger partial charge in [0.15, 0.2) is 0 Å². The van der Waals surface area contributed by atoms with Crippen LogP contribution in [0.3, 0.4) is 0 Å². The quantitative estimate of drug-likeness (QED) is 0.932. The maximum Gasteiger partial charge on any atom is 0.227 e. The SMILES string of the molecule is CC(NC(=O)C1CCN(C(=O)C(C)(C)C)CC1)c1ccncc1. The van der Waals surface area contributed by atoms with Crippen molar-refractivity contribution in [2.24, 2.45) is 11.3 Å². The third-order valence-corrected chi connectivity index (χ3v) is 4.36. The first-order valence-electron chi connectivity index (χ1n) is 8.28. The number of rotatable bonds is 3. The van der Waals surface area contributed by atoms with Crippen LogP contribution in [0.4, 0.5) is 0 Å². The Kier molecular flexibility index (Phi) is 5.39. The Morgan fingerprint density at radius 3 is 2.30 bits per heavy atom. The number of nitrogens with one attached hydrogen (secondary N) is 1. The predicted molar refractivity (Wildman–Crippen MR) is 89.6 cm³/mol. The van der Waals surface area contributed by atoms with Gasteiger partial charge in [-0.05, 0) is 37.5 Å². The molecule has 1 atom stereocenters. The molecule has 1 aliphatic rings. The minimum Gasteiger partial charge on any atom is -0.349 e. The molecule has 0 bridgehead atoms. The zero-order valence-corrected chi connectivity index (χ0v) is 14.5. The highest BCUT2D eigenvalue weighted by Crippen LogP contribution is 2.24. The number of likely N-dealkylation sites (tertiary alicyclic amines) is 1.